The fourth-order valence-electron chi connectivity index (χ4n) is 6.11. The van der Waals surface area contributed by atoms with Gasteiger partial charge in [0.05, 0.1) is 40.1 Å². The summed E-state index contributed by atoms with van der Waals surface area (Å²) in [5.74, 6) is -3.14. The van der Waals surface area contributed by atoms with Gasteiger partial charge in [-0.3, -0.25) is 14.4 Å². The average Bonchev–Trinajstić information content (AvgIpc) is 3.45. The number of piperazine rings is 1. The van der Waals surface area contributed by atoms with Crippen LogP contribution in [0.1, 0.15) is 61.0 Å². The number of halogens is 3. The minimum absolute atomic E-state index is 0.0851. The molecule has 17 heteroatoms. The highest BCUT2D eigenvalue weighted by Crippen LogP contribution is 2.30. The molecular formula is C35H43ClF2N8O6. The quantitative estimate of drug-likeness (QED) is 0.340. The Hall–Kier alpha value is -4.83. The third kappa shape index (κ3) is 8.61. The standard InChI is InChI=1S/C35H43ClF2N8O6/c1-34(2,3)52-33(50)46-11-9-35(51,10-12-46)19-27(47)44-13-15-45(16-14-44)32(49)22-8-7-21(17-24(22)36)40-31(48)30-39-20-26(43(30)6)23-18-25(37)29(42(4)5)41-28(23)38/h7-8,17-18,20,51H,9-16,19H2,1-6H3,(H,40,48). The van der Waals surface area contributed by atoms with Gasteiger partial charge in [0, 0.05) is 66.1 Å². The number of anilines is 2. The molecule has 2 aliphatic heterocycles. The van der Waals surface area contributed by atoms with Crippen LogP contribution >= 0.6 is 11.6 Å². The first-order valence-corrected chi connectivity index (χ1v) is 17.2. The van der Waals surface area contributed by atoms with Crippen molar-refractivity contribution in [3.63, 3.8) is 0 Å². The highest BCUT2D eigenvalue weighted by atomic mass is 35.5. The summed E-state index contributed by atoms with van der Waals surface area (Å²) in [7, 11) is 4.55. The van der Waals surface area contributed by atoms with Crippen LogP contribution in [-0.2, 0) is 16.6 Å². The molecule has 2 saturated heterocycles. The largest absolute Gasteiger partial charge is 0.444 e. The van der Waals surface area contributed by atoms with E-state index in [1.807, 2.05) is 0 Å². The molecule has 0 unspecified atom stereocenters. The molecule has 280 valence electrons. The second-order valence-electron chi connectivity index (χ2n) is 14.2. The molecule has 0 aliphatic carbocycles. The number of carbonyl (C=O) groups is 4. The maximum absolute atomic E-state index is 14.8. The van der Waals surface area contributed by atoms with E-state index >= 15 is 0 Å². The first-order chi connectivity index (χ1) is 24.4. The van der Waals surface area contributed by atoms with E-state index in [4.69, 9.17) is 16.3 Å². The molecule has 5 rings (SSSR count). The average molecular weight is 745 g/mol. The smallest absolute Gasteiger partial charge is 0.410 e. The fraction of sp³-hybridized carbons (Fsp3) is 0.486. The molecule has 4 amide bonds. The second kappa shape index (κ2) is 15.0. The number of nitrogens with one attached hydrogen (secondary N) is 1. The van der Waals surface area contributed by atoms with Crippen molar-refractivity contribution in [2.75, 3.05) is 63.6 Å². The molecule has 2 N–H and O–H groups in total. The first-order valence-electron chi connectivity index (χ1n) is 16.8. The number of hydrogen-bond donors (Lipinski definition) is 2. The van der Waals surface area contributed by atoms with Crippen molar-refractivity contribution in [1.29, 1.82) is 0 Å². The van der Waals surface area contributed by atoms with E-state index in [0.29, 0.717) is 0 Å². The fourth-order valence-corrected chi connectivity index (χ4v) is 6.37. The lowest BCUT2D eigenvalue weighted by Crippen LogP contribution is -2.53. The van der Waals surface area contributed by atoms with E-state index in [-0.39, 0.29) is 110 Å². The summed E-state index contributed by atoms with van der Waals surface area (Å²) < 4.78 is 36.0. The van der Waals surface area contributed by atoms with E-state index in [1.54, 1.807) is 30.6 Å². The Kier molecular flexibility index (Phi) is 11.1. The third-order valence-corrected chi connectivity index (χ3v) is 9.32. The molecule has 0 saturated carbocycles. The lowest BCUT2D eigenvalue weighted by Gasteiger charge is -2.40. The molecule has 2 fully saturated rings. The first kappa shape index (κ1) is 38.4. The minimum Gasteiger partial charge on any atom is -0.444 e. The number of likely N-dealkylation sites (tertiary alicyclic amines) is 1. The van der Waals surface area contributed by atoms with E-state index < -0.39 is 35.0 Å². The molecule has 1 aromatic carbocycles. The summed E-state index contributed by atoms with van der Waals surface area (Å²) in [5.41, 5.74) is -1.41. The summed E-state index contributed by atoms with van der Waals surface area (Å²) in [6.07, 6.45) is 1.21. The predicted molar refractivity (Wildman–Crippen MR) is 189 cm³/mol. The van der Waals surface area contributed by atoms with E-state index in [0.717, 1.165) is 6.07 Å². The van der Waals surface area contributed by atoms with Crippen LogP contribution in [0.5, 0.6) is 0 Å². The van der Waals surface area contributed by atoms with Gasteiger partial charge < -0.3 is 39.3 Å². The van der Waals surface area contributed by atoms with Gasteiger partial charge in [-0.1, -0.05) is 11.6 Å². The molecule has 3 aromatic rings. The number of imidazole rings is 1. The summed E-state index contributed by atoms with van der Waals surface area (Å²) >= 11 is 6.49. The van der Waals surface area contributed by atoms with Crippen LogP contribution in [0.3, 0.4) is 0 Å². The number of benzene rings is 1. The summed E-state index contributed by atoms with van der Waals surface area (Å²) in [4.78, 5) is 65.8. The number of ether oxygens (including phenoxy) is 1. The summed E-state index contributed by atoms with van der Waals surface area (Å²) in [6, 6.07) is 5.41. The van der Waals surface area contributed by atoms with Crippen molar-refractivity contribution < 1.29 is 37.8 Å². The number of piperidine rings is 1. The molecule has 0 radical (unpaired) electrons. The van der Waals surface area contributed by atoms with Gasteiger partial charge in [-0.2, -0.15) is 9.37 Å². The van der Waals surface area contributed by atoms with Crippen molar-refractivity contribution in [3.8, 4) is 11.3 Å². The third-order valence-electron chi connectivity index (χ3n) is 9.00. The van der Waals surface area contributed by atoms with Crippen LogP contribution in [-0.4, -0.2) is 123 Å². The van der Waals surface area contributed by atoms with Gasteiger partial charge in [0.1, 0.15) is 5.60 Å². The Morgan fingerprint density at radius 1 is 1.00 bits per heavy atom. The van der Waals surface area contributed by atoms with Crippen LogP contribution in [0.2, 0.25) is 5.02 Å². The van der Waals surface area contributed by atoms with Gasteiger partial charge in [0.15, 0.2) is 17.5 Å². The monoisotopic (exact) mass is 744 g/mol. The molecule has 52 heavy (non-hydrogen) atoms. The van der Waals surface area contributed by atoms with Crippen molar-refractivity contribution in [2.24, 2.45) is 7.05 Å². The number of carbonyl (C=O) groups excluding carboxylic acids is 4. The van der Waals surface area contributed by atoms with Crippen molar-refractivity contribution >= 4 is 46.9 Å². The number of pyridine rings is 1. The molecule has 2 aromatic heterocycles. The number of amides is 4. The maximum Gasteiger partial charge on any atom is 0.410 e. The summed E-state index contributed by atoms with van der Waals surface area (Å²) in [6.45, 7) is 6.97. The topological polar surface area (TPSA) is 153 Å². The van der Waals surface area contributed by atoms with Gasteiger partial charge in [0.25, 0.3) is 11.8 Å². The Morgan fingerprint density at radius 2 is 1.63 bits per heavy atom. The SMILES string of the molecule is CN(C)c1nc(F)c(-c2cnc(C(=O)Nc3ccc(C(=O)N4CCN(C(=O)CC5(O)CCN(C(=O)OC(C)(C)C)CC5)CC4)c(Cl)c3)n2C)cc1F. The van der Waals surface area contributed by atoms with E-state index in [2.05, 4.69) is 15.3 Å². The zero-order chi connectivity index (χ0) is 38.1. The van der Waals surface area contributed by atoms with Crippen molar-refractivity contribution in [2.45, 2.75) is 51.2 Å². The van der Waals surface area contributed by atoms with Crippen LogP contribution < -0.4 is 10.2 Å². The minimum atomic E-state index is -1.24. The van der Waals surface area contributed by atoms with Crippen LogP contribution in [0.4, 0.5) is 25.1 Å². The van der Waals surface area contributed by atoms with Crippen molar-refractivity contribution in [3.05, 3.63) is 58.6 Å². The maximum atomic E-state index is 14.8. The van der Waals surface area contributed by atoms with Crippen LogP contribution in [0, 0.1) is 11.8 Å². The van der Waals surface area contributed by atoms with Crippen LogP contribution in [0.25, 0.3) is 11.3 Å². The highest BCUT2D eigenvalue weighted by molar-refractivity contribution is 6.34. The van der Waals surface area contributed by atoms with Gasteiger partial charge in [-0.15, -0.1) is 0 Å². The number of rotatable bonds is 7. The van der Waals surface area contributed by atoms with Crippen molar-refractivity contribution in [1.82, 2.24) is 29.2 Å². The molecule has 0 atom stereocenters. The Bertz CT molecular complexity index is 1860. The zero-order valence-electron chi connectivity index (χ0n) is 30.0. The lowest BCUT2D eigenvalue weighted by molar-refractivity contribution is -0.139. The van der Waals surface area contributed by atoms with Gasteiger partial charge in [-0.05, 0) is 57.9 Å². The Labute approximate surface area is 305 Å². The zero-order valence-corrected chi connectivity index (χ0v) is 30.8. The van der Waals surface area contributed by atoms with Gasteiger partial charge >= 0.3 is 6.09 Å². The molecule has 0 bridgehead atoms. The van der Waals surface area contributed by atoms with E-state index in [9.17, 15) is 33.1 Å². The summed E-state index contributed by atoms with van der Waals surface area (Å²) in [5, 5.41) is 13.9. The van der Waals surface area contributed by atoms with Gasteiger partial charge in [0.2, 0.25) is 11.9 Å². The normalized spacial score (nSPS) is 16.1. The Morgan fingerprint density at radius 3 is 2.23 bits per heavy atom. The molecule has 2 aliphatic rings. The second-order valence-corrected chi connectivity index (χ2v) is 14.7. The number of aromatic nitrogens is 3. The Balaban J connectivity index is 1.14. The number of hydrogen-bond acceptors (Lipinski definition) is 9. The molecule has 4 heterocycles. The van der Waals surface area contributed by atoms with E-state index in [1.165, 1.54) is 59.9 Å². The predicted octanol–water partition coefficient (Wildman–Crippen LogP) is 4.17. The molecule has 14 nitrogen and oxygen atoms in total. The molecular weight excluding hydrogens is 702 g/mol. The van der Waals surface area contributed by atoms with Gasteiger partial charge in [-0.25, -0.2) is 14.2 Å². The van der Waals surface area contributed by atoms with Crippen LogP contribution in [0.15, 0.2) is 30.5 Å². The number of aliphatic hydroxyl groups is 1. The number of nitrogens with zero attached hydrogens (tertiary/aromatic N) is 7. The lowest BCUT2D eigenvalue weighted by atomic mass is 9.87. The molecule has 0 spiro atoms. The highest BCUT2D eigenvalue weighted by Gasteiger charge is 2.39.